The van der Waals surface area contributed by atoms with Gasteiger partial charge in [0.1, 0.15) is 6.04 Å². The van der Waals surface area contributed by atoms with Crippen LogP contribution in [0.25, 0.3) is 0 Å². The van der Waals surface area contributed by atoms with E-state index >= 15 is 0 Å². The molecule has 0 amide bonds. The Morgan fingerprint density at radius 2 is 2.10 bits per heavy atom. The molecule has 20 heavy (non-hydrogen) atoms. The molecule has 7 heteroatoms. The van der Waals surface area contributed by atoms with E-state index in [-0.39, 0.29) is 16.9 Å². The number of carboxylic acid groups (broad SMARTS) is 1. The van der Waals surface area contributed by atoms with Gasteiger partial charge in [-0.05, 0) is 31.0 Å². The second kappa shape index (κ2) is 6.03. The van der Waals surface area contributed by atoms with Crippen LogP contribution in [0.4, 0.5) is 0 Å². The summed E-state index contributed by atoms with van der Waals surface area (Å²) in [5.74, 6) is -1.20. The number of carboxylic acids is 1. The van der Waals surface area contributed by atoms with Gasteiger partial charge >= 0.3 is 5.97 Å². The molecular weight excluding hydrogens is 280 g/mol. The van der Waals surface area contributed by atoms with E-state index in [2.05, 4.69) is 0 Å². The van der Waals surface area contributed by atoms with E-state index in [4.69, 9.17) is 10.4 Å². The molecule has 0 saturated heterocycles. The number of hydrogen-bond acceptors (Lipinski definition) is 4. The zero-order valence-corrected chi connectivity index (χ0v) is 12.3. The number of rotatable bonds is 5. The normalized spacial score (nSPS) is 12.9. The maximum atomic E-state index is 12.5. The van der Waals surface area contributed by atoms with Gasteiger partial charge in [0.2, 0.25) is 10.0 Å². The lowest BCUT2D eigenvalue weighted by Gasteiger charge is -2.24. The van der Waals surface area contributed by atoms with Crippen molar-refractivity contribution in [2.75, 3.05) is 7.05 Å². The molecule has 0 aliphatic rings. The Balaban J connectivity index is 3.37. The maximum absolute atomic E-state index is 12.5. The van der Waals surface area contributed by atoms with E-state index in [1.54, 1.807) is 13.8 Å². The van der Waals surface area contributed by atoms with Gasteiger partial charge < -0.3 is 5.11 Å². The summed E-state index contributed by atoms with van der Waals surface area (Å²) < 4.78 is 25.8. The second-order valence-corrected chi connectivity index (χ2v) is 6.34. The largest absolute Gasteiger partial charge is 0.480 e. The molecule has 0 bridgehead atoms. The smallest absolute Gasteiger partial charge is 0.321 e. The lowest BCUT2D eigenvalue weighted by molar-refractivity contribution is -0.141. The topological polar surface area (TPSA) is 98.5 Å². The fraction of sp³-hybridized carbons (Fsp3) is 0.385. The minimum atomic E-state index is -3.96. The highest BCUT2D eigenvalue weighted by atomic mass is 32.2. The lowest BCUT2D eigenvalue weighted by atomic mass is 10.2. The molecular formula is C13H16N2O4S. The predicted octanol–water partition coefficient (Wildman–Crippen LogP) is 1.35. The number of benzene rings is 1. The van der Waals surface area contributed by atoms with Gasteiger partial charge in [-0.25, -0.2) is 8.42 Å². The molecule has 0 aliphatic heterocycles. The van der Waals surface area contributed by atoms with E-state index in [0.29, 0.717) is 5.56 Å². The molecule has 0 fully saturated rings. The van der Waals surface area contributed by atoms with Crippen molar-refractivity contribution in [2.45, 2.75) is 31.2 Å². The summed E-state index contributed by atoms with van der Waals surface area (Å²) in [5.41, 5.74) is 0.682. The van der Waals surface area contributed by atoms with Crippen LogP contribution in [0.2, 0.25) is 0 Å². The highest BCUT2D eigenvalue weighted by Gasteiger charge is 2.32. The van der Waals surface area contributed by atoms with Crippen LogP contribution in [0.5, 0.6) is 0 Å². The number of likely N-dealkylation sites (N-methyl/N-ethyl adjacent to an activating group) is 1. The summed E-state index contributed by atoms with van der Waals surface area (Å²) in [4.78, 5) is 11.1. The first-order valence-corrected chi connectivity index (χ1v) is 7.41. The third-order valence-electron chi connectivity index (χ3n) is 3.08. The third-order valence-corrected chi connectivity index (χ3v) is 5.09. The zero-order chi connectivity index (χ0) is 15.5. The summed E-state index contributed by atoms with van der Waals surface area (Å²) in [5, 5.41) is 17.9. The number of carbonyl (C=O) groups is 1. The number of nitrogens with zero attached hydrogens (tertiary/aromatic N) is 2. The van der Waals surface area contributed by atoms with Crippen LogP contribution >= 0.6 is 0 Å². The van der Waals surface area contributed by atoms with E-state index in [1.165, 1.54) is 25.2 Å². The molecule has 0 heterocycles. The first kappa shape index (κ1) is 16.1. The number of nitriles is 1. The number of sulfonamides is 1. The molecule has 0 aromatic heterocycles. The first-order valence-electron chi connectivity index (χ1n) is 5.97. The van der Waals surface area contributed by atoms with Gasteiger partial charge in [0.05, 0.1) is 16.5 Å². The summed E-state index contributed by atoms with van der Waals surface area (Å²) >= 11 is 0. The number of aliphatic carboxylic acids is 1. The molecule has 1 atom stereocenters. The van der Waals surface area contributed by atoms with Crippen LogP contribution in [0.15, 0.2) is 23.1 Å². The Kier molecular flexibility index (Phi) is 4.87. The van der Waals surface area contributed by atoms with Crippen LogP contribution in [0.1, 0.15) is 24.5 Å². The Morgan fingerprint density at radius 3 is 2.55 bits per heavy atom. The molecule has 1 rings (SSSR count). The van der Waals surface area contributed by atoms with Crippen molar-refractivity contribution in [1.29, 1.82) is 5.26 Å². The molecule has 1 unspecified atom stereocenters. The number of aryl methyl sites for hydroxylation is 1. The molecule has 0 aliphatic carbocycles. The molecule has 1 aromatic rings. The zero-order valence-electron chi connectivity index (χ0n) is 11.5. The molecule has 108 valence electrons. The SMILES string of the molecule is CCC(C(=O)O)N(C)S(=O)(=O)c1cc(C#N)ccc1C. The second-order valence-electron chi connectivity index (χ2n) is 4.38. The lowest BCUT2D eigenvalue weighted by Crippen LogP contribution is -2.42. The summed E-state index contributed by atoms with van der Waals surface area (Å²) in [6, 6.07) is 5.04. The third kappa shape index (κ3) is 2.98. The minimum absolute atomic E-state index is 0.0428. The Bertz CT molecular complexity index is 661. The van der Waals surface area contributed by atoms with Crippen molar-refractivity contribution in [3.8, 4) is 6.07 Å². The van der Waals surface area contributed by atoms with Crippen LogP contribution in [-0.2, 0) is 14.8 Å². The minimum Gasteiger partial charge on any atom is -0.480 e. The van der Waals surface area contributed by atoms with E-state index in [9.17, 15) is 13.2 Å². The standard InChI is InChI=1S/C13H16N2O4S/c1-4-11(13(16)17)15(3)20(18,19)12-7-10(8-14)6-5-9(12)2/h5-7,11H,4H2,1-3H3,(H,16,17). The van der Waals surface area contributed by atoms with Crippen molar-refractivity contribution in [3.05, 3.63) is 29.3 Å². The van der Waals surface area contributed by atoms with Gasteiger partial charge in [-0.1, -0.05) is 13.0 Å². The molecule has 0 radical (unpaired) electrons. The van der Waals surface area contributed by atoms with E-state index < -0.39 is 22.0 Å². The van der Waals surface area contributed by atoms with Crippen molar-refractivity contribution in [2.24, 2.45) is 0 Å². The van der Waals surface area contributed by atoms with E-state index in [1.807, 2.05) is 6.07 Å². The molecule has 0 saturated carbocycles. The van der Waals surface area contributed by atoms with Gasteiger partial charge in [-0.3, -0.25) is 4.79 Å². The van der Waals surface area contributed by atoms with Gasteiger partial charge in [0.25, 0.3) is 0 Å². The predicted molar refractivity (Wildman–Crippen MR) is 72.6 cm³/mol. The Hall–Kier alpha value is -1.91. The van der Waals surface area contributed by atoms with Gasteiger partial charge in [-0.15, -0.1) is 0 Å². The Labute approximate surface area is 118 Å². The van der Waals surface area contributed by atoms with E-state index in [0.717, 1.165) is 4.31 Å². The van der Waals surface area contributed by atoms with Crippen molar-refractivity contribution in [3.63, 3.8) is 0 Å². The van der Waals surface area contributed by atoms with Crippen LogP contribution in [0.3, 0.4) is 0 Å². The van der Waals surface area contributed by atoms with Crippen LogP contribution < -0.4 is 0 Å². The fourth-order valence-electron chi connectivity index (χ4n) is 1.86. The van der Waals surface area contributed by atoms with Crippen molar-refractivity contribution < 1.29 is 18.3 Å². The molecule has 1 aromatic carbocycles. The maximum Gasteiger partial charge on any atom is 0.321 e. The summed E-state index contributed by atoms with van der Waals surface area (Å²) in [7, 11) is -2.72. The molecule has 6 nitrogen and oxygen atoms in total. The van der Waals surface area contributed by atoms with Crippen molar-refractivity contribution in [1.82, 2.24) is 4.31 Å². The highest BCUT2D eigenvalue weighted by Crippen LogP contribution is 2.22. The first-order chi connectivity index (χ1) is 9.25. The fourth-order valence-corrected chi connectivity index (χ4v) is 3.49. The van der Waals surface area contributed by atoms with Crippen LogP contribution in [-0.4, -0.2) is 36.9 Å². The molecule has 0 spiro atoms. The van der Waals surface area contributed by atoms with Gasteiger partial charge in [0.15, 0.2) is 0 Å². The summed E-state index contributed by atoms with van der Waals surface area (Å²) in [6.07, 6.45) is 0.155. The van der Waals surface area contributed by atoms with Crippen molar-refractivity contribution >= 4 is 16.0 Å². The average Bonchev–Trinajstić information content (AvgIpc) is 2.39. The van der Waals surface area contributed by atoms with Gasteiger partial charge in [-0.2, -0.15) is 9.57 Å². The monoisotopic (exact) mass is 296 g/mol. The quantitative estimate of drug-likeness (QED) is 0.884. The summed E-state index contributed by atoms with van der Waals surface area (Å²) in [6.45, 7) is 3.20. The Morgan fingerprint density at radius 1 is 1.50 bits per heavy atom. The average molecular weight is 296 g/mol. The molecule has 1 N–H and O–H groups in total. The highest BCUT2D eigenvalue weighted by molar-refractivity contribution is 7.89. The van der Waals surface area contributed by atoms with Crippen LogP contribution in [0, 0.1) is 18.3 Å². The number of hydrogen-bond donors (Lipinski definition) is 1. The van der Waals surface area contributed by atoms with Gasteiger partial charge in [0, 0.05) is 7.05 Å².